The van der Waals surface area contributed by atoms with Gasteiger partial charge in [-0.15, -0.1) is 0 Å². The number of hydrogen-bond acceptors (Lipinski definition) is 3. The molecule has 16 heavy (non-hydrogen) atoms. The average molecular weight is 231 g/mol. The lowest BCUT2D eigenvalue weighted by Gasteiger charge is -1.79. The summed E-state index contributed by atoms with van der Waals surface area (Å²) >= 11 is 0. The lowest BCUT2D eigenvalue weighted by molar-refractivity contribution is 0.287. The lowest BCUT2D eigenvalue weighted by Crippen LogP contribution is -1.75. The minimum absolute atomic E-state index is 0. The summed E-state index contributed by atoms with van der Waals surface area (Å²) in [5.74, 6) is 0. The Morgan fingerprint density at radius 2 is 1.38 bits per heavy atom. The standard InChI is InChI=1S/C5H5N.C4H10O.C3H8O.H2O/c1-2-4-6-5-3-1;1-2-3-4-5;1-2-3-4;/h1-5H;5H,2-4H2,1H3;4H,2-3H2,1H3;1H2. The number of rotatable bonds is 3. The zero-order valence-corrected chi connectivity index (χ0v) is 10.3. The van der Waals surface area contributed by atoms with E-state index in [-0.39, 0.29) is 5.48 Å². The second-order valence-electron chi connectivity index (χ2n) is 2.83. The molecule has 4 N–H and O–H groups in total. The Kier molecular flexibility index (Phi) is 30.3. The van der Waals surface area contributed by atoms with Crippen LogP contribution in [-0.2, 0) is 0 Å². The Labute approximate surface area is 98.3 Å². The van der Waals surface area contributed by atoms with Crippen LogP contribution in [0.5, 0.6) is 0 Å². The summed E-state index contributed by atoms with van der Waals surface area (Å²) < 4.78 is 0. The molecule has 0 aliphatic rings. The van der Waals surface area contributed by atoms with Crippen molar-refractivity contribution >= 4 is 0 Å². The third kappa shape index (κ3) is 29.2. The van der Waals surface area contributed by atoms with E-state index in [1.807, 2.05) is 25.1 Å². The number of pyridine rings is 1. The number of aliphatic hydroxyl groups is 2. The molecule has 0 radical (unpaired) electrons. The van der Waals surface area contributed by atoms with Gasteiger partial charge in [-0.2, -0.15) is 0 Å². The van der Waals surface area contributed by atoms with Crippen molar-refractivity contribution in [2.24, 2.45) is 0 Å². The highest BCUT2D eigenvalue weighted by molar-refractivity contribution is 4.88. The molecule has 0 fully saturated rings. The van der Waals surface area contributed by atoms with Gasteiger partial charge in [0.05, 0.1) is 0 Å². The van der Waals surface area contributed by atoms with Gasteiger partial charge in [-0.3, -0.25) is 4.98 Å². The summed E-state index contributed by atoms with van der Waals surface area (Å²) in [5.41, 5.74) is 0. The number of hydrogen-bond donors (Lipinski definition) is 2. The molecule has 0 amide bonds. The van der Waals surface area contributed by atoms with Crippen molar-refractivity contribution < 1.29 is 15.7 Å². The summed E-state index contributed by atoms with van der Waals surface area (Å²) in [6.07, 6.45) is 6.41. The second-order valence-corrected chi connectivity index (χ2v) is 2.83. The van der Waals surface area contributed by atoms with Crippen molar-refractivity contribution in [2.75, 3.05) is 13.2 Å². The molecule has 0 atom stereocenters. The zero-order valence-electron chi connectivity index (χ0n) is 10.3. The number of aliphatic hydroxyl groups excluding tert-OH is 2. The Morgan fingerprint density at radius 3 is 1.44 bits per heavy atom. The molecule has 0 aromatic carbocycles. The smallest absolute Gasteiger partial charge is 0.0430 e. The van der Waals surface area contributed by atoms with Gasteiger partial charge in [0.15, 0.2) is 0 Å². The Hall–Kier alpha value is -0.970. The van der Waals surface area contributed by atoms with E-state index in [0.29, 0.717) is 13.2 Å². The maximum absolute atomic E-state index is 8.07. The maximum atomic E-state index is 8.07. The van der Waals surface area contributed by atoms with Crippen molar-refractivity contribution in [1.29, 1.82) is 0 Å². The molecule has 4 nitrogen and oxygen atoms in total. The average Bonchev–Trinajstić information content (AvgIpc) is 2.33. The largest absolute Gasteiger partial charge is 0.412 e. The van der Waals surface area contributed by atoms with Crippen molar-refractivity contribution in [1.82, 2.24) is 4.98 Å². The predicted molar refractivity (Wildman–Crippen MR) is 67.2 cm³/mol. The highest BCUT2D eigenvalue weighted by atomic mass is 16.3. The van der Waals surface area contributed by atoms with Crippen LogP contribution >= 0.6 is 0 Å². The molecule has 0 aliphatic carbocycles. The van der Waals surface area contributed by atoms with Gasteiger partial charge in [0, 0.05) is 25.6 Å². The Bertz CT molecular complexity index is 140. The van der Waals surface area contributed by atoms with E-state index in [0.717, 1.165) is 19.3 Å². The van der Waals surface area contributed by atoms with Crippen LogP contribution in [0.15, 0.2) is 30.6 Å². The summed E-state index contributed by atoms with van der Waals surface area (Å²) in [6, 6.07) is 5.72. The van der Waals surface area contributed by atoms with E-state index in [1.54, 1.807) is 12.4 Å². The summed E-state index contributed by atoms with van der Waals surface area (Å²) in [7, 11) is 0. The fraction of sp³-hybridized carbons (Fsp3) is 0.583. The summed E-state index contributed by atoms with van der Waals surface area (Å²) in [6.45, 7) is 4.65. The van der Waals surface area contributed by atoms with Crippen molar-refractivity contribution in [2.45, 2.75) is 33.1 Å². The van der Waals surface area contributed by atoms with Gasteiger partial charge in [0.1, 0.15) is 0 Å². The van der Waals surface area contributed by atoms with Gasteiger partial charge in [-0.25, -0.2) is 0 Å². The Morgan fingerprint density at radius 1 is 0.875 bits per heavy atom. The summed E-state index contributed by atoms with van der Waals surface area (Å²) in [4.78, 5) is 3.78. The molecule has 96 valence electrons. The predicted octanol–water partition coefficient (Wildman–Crippen LogP) is 1.42. The van der Waals surface area contributed by atoms with Gasteiger partial charge >= 0.3 is 0 Å². The van der Waals surface area contributed by atoms with Gasteiger partial charge in [0.2, 0.25) is 0 Å². The molecule has 0 bridgehead atoms. The minimum atomic E-state index is 0. The molecule has 1 aromatic rings. The normalized spacial score (nSPS) is 7.50. The first-order valence-electron chi connectivity index (χ1n) is 5.40. The molecular weight excluding hydrogens is 206 g/mol. The van der Waals surface area contributed by atoms with Crippen LogP contribution in [0.2, 0.25) is 0 Å². The van der Waals surface area contributed by atoms with Gasteiger partial charge in [0.25, 0.3) is 0 Å². The molecule has 0 aliphatic heterocycles. The van der Waals surface area contributed by atoms with Crippen LogP contribution in [0.25, 0.3) is 0 Å². The molecule has 0 spiro atoms. The van der Waals surface area contributed by atoms with Crippen molar-refractivity contribution in [3.05, 3.63) is 30.6 Å². The van der Waals surface area contributed by atoms with Crippen LogP contribution in [0, 0.1) is 0 Å². The quantitative estimate of drug-likeness (QED) is 0.825. The molecule has 0 unspecified atom stereocenters. The van der Waals surface area contributed by atoms with E-state index in [1.165, 1.54) is 0 Å². The van der Waals surface area contributed by atoms with Crippen LogP contribution in [0.4, 0.5) is 0 Å². The van der Waals surface area contributed by atoms with E-state index in [9.17, 15) is 0 Å². The Balaban J connectivity index is -0.000000158. The molecule has 0 saturated heterocycles. The van der Waals surface area contributed by atoms with E-state index in [2.05, 4.69) is 11.9 Å². The highest BCUT2D eigenvalue weighted by Crippen LogP contribution is 1.78. The summed E-state index contributed by atoms with van der Waals surface area (Å²) in [5, 5.41) is 15.9. The fourth-order valence-corrected chi connectivity index (χ4v) is 0.471. The molecule has 0 saturated carbocycles. The number of nitrogens with zero attached hydrogens (tertiary/aromatic N) is 1. The van der Waals surface area contributed by atoms with Crippen LogP contribution in [0.3, 0.4) is 0 Å². The number of aromatic nitrogens is 1. The van der Waals surface area contributed by atoms with Crippen LogP contribution in [0.1, 0.15) is 33.1 Å². The SMILES string of the molecule is CCCCO.CCCO.O.c1ccncc1. The second kappa shape index (κ2) is 23.7. The number of unbranched alkanes of at least 4 members (excludes halogenated alkanes) is 1. The maximum Gasteiger partial charge on any atom is 0.0430 e. The first kappa shape index (κ1) is 20.4. The van der Waals surface area contributed by atoms with Gasteiger partial charge in [-0.05, 0) is 25.0 Å². The molecule has 1 heterocycles. The first-order chi connectivity index (χ1) is 7.33. The van der Waals surface area contributed by atoms with Crippen LogP contribution < -0.4 is 0 Å². The first-order valence-corrected chi connectivity index (χ1v) is 5.40. The van der Waals surface area contributed by atoms with Crippen LogP contribution in [-0.4, -0.2) is 33.9 Å². The van der Waals surface area contributed by atoms with Gasteiger partial charge in [-0.1, -0.05) is 26.3 Å². The molecule has 4 heteroatoms. The minimum Gasteiger partial charge on any atom is -0.412 e. The van der Waals surface area contributed by atoms with Crippen molar-refractivity contribution in [3.63, 3.8) is 0 Å². The lowest BCUT2D eigenvalue weighted by atomic mass is 10.4. The topological polar surface area (TPSA) is 84.9 Å². The van der Waals surface area contributed by atoms with Crippen molar-refractivity contribution in [3.8, 4) is 0 Å². The molecular formula is C12H25NO3. The molecule has 1 aromatic heterocycles. The zero-order chi connectivity index (χ0) is 11.8. The van der Waals surface area contributed by atoms with E-state index >= 15 is 0 Å². The third-order valence-electron chi connectivity index (χ3n) is 1.30. The fourth-order valence-electron chi connectivity index (χ4n) is 0.471. The van der Waals surface area contributed by atoms with Gasteiger partial charge < -0.3 is 15.7 Å². The third-order valence-corrected chi connectivity index (χ3v) is 1.30. The van der Waals surface area contributed by atoms with E-state index in [4.69, 9.17) is 10.2 Å². The molecule has 1 rings (SSSR count). The monoisotopic (exact) mass is 231 g/mol. The van der Waals surface area contributed by atoms with E-state index < -0.39 is 0 Å². The highest BCUT2D eigenvalue weighted by Gasteiger charge is 1.69.